The van der Waals surface area contributed by atoms with Gasteiger partial charge in [-0.15, -0.1) is 10.2 Å². The summed E-state index contributed by atoms with van der Waals surface area (Å²) in [6.45, 7) is 3.09. The highest BCUT2D eigenvalue weighted by molar-refractivity contribution is 7.08. The number of amides is 1. The Bertz CT molecular complexity index is 893. The zero-order valence-corrected chi connectivity index (χ0v) is 16.8. The topological polar surface area (TPSA) is 86.5 Å². The summed E-state index contributed by atoms with van der Waals surface area (Å²) in [5.74, 6) is 2.22. The molecule has 0 aliphatic carbocycles. The van der Waals surface area contributed by atoms with Crippen LogP contribution in [0.1, 0.15) is 31.2 Å². The summed E-state index contributed by atoms with van der Waals surface area (Å²) >= 11 is 1.56. The summed E-state index contributed by atoms with van der Waals surface area (Å²) in [5, 5.41) is 14.8. The molecule has 2 heterocycles. The van der Waals surface area contributed by atoms with Crippen molar-refractivity contribution in [3.05, 3.63) is 46.5 Å². The van der Waals surface area contributed by atoms with Gasteiger partial charge in [-0.2, -0.15) is 11.3 Å². The molecule has 0 radical (unpaired) electrons. The van der Waals surface area contributed by atoms with Crippen molar-refractivity contribution in [2.24, 2.45) is 0 Å². The van der Waals surface area contributed by atoms with E-state index in [0.29, 0.717) is 42.9 Å². The molecule has 148 valence electrons. The molecule has 3 aromatic rings. The monoisotopic (exact) mass is 401 g/mol. The molecule has 3 rings (SSSR count). The summed E-state index contributed by atoms with van der Waals surface area (Å²) in [6.07, 6.45) is 1.60. The van der Waals surface area contributed by atoms with Gasteiger partial charge < -0.3 is 19.2 Å². The van der Waals surface area contributed by atoms with Gasteiger partial charge in [0.1, 0.15) is 0 Å². The zero-order chi connectivity index (χ0) is 19.8. The van der Waals surface area contributed by atoms with Gasteiger partial charge in [0.15, 0.2) is 11.5 Å². The molecular formula is C20H23N3O4S. The Morgan fingerprint density at radius 3 is 2.89 bits per heavy atom. The highest BCUT2D eigenvalue weighted by Gasteiger charge is 2.11. The molecule has 0 unspecified atom stereocenters. The van der Waals surface area contributed by atoms with E-state index in [1.54, 1.807) is 18.4 Å². The van der Waals surface area contributed by atoms with E-state index in [1.807, 2.05) is 41.9 Å². The van der Waals surface area contributed by atoms with E-state index in [2.05, 4.69) is 15.5 Å². The predicted molar refractivity (Wildman–Crippen MR) is 107 cm³/mol. The fraction of sp³-hybridized carbons (Fsp3) is 0.350. The van der Waals surface area contributed by atoms with E-state index in [9.17, 15) is 4.79 Å². The Morgan fingerprint density at radius 1 is 1.25 bits per heavy atom. The Morgan fingerprint density at radius 2 is 2.14 bits per heavy atom. The number of nitrogens with zero attached hydrogens (tertiary/aromatic N) is 2. The molecule has 0 aliphatic rings. The first kappa shape index (κ1) is 19.9. The van der Waals surface area contributed by atoms with Gasteiger partial charge in [-0.3, -0.25) is 4.79 Å². The number of methoxy groups -OCH3 is 1. The molecule has 0 saturated carbocycles. The smallest absolute Gasteiger partial charge is 0.248 e. The fourth-order valence-electron chi connectivity index (χ4n) is 2.52. The van der Waals surface area contributed by atoms with Crippen molar-refractivity contribution < 1.29 is 18.7 Å². The van der Waals surface area contributed by atoms with E-state index in [1.165, 1.54) is 0 Å². The van der Waals surface area contributed by atoms with Crippen LogP contribution in [0.15, 0.2) is 39.4 Å². The van der Waals surface area contributed by atoms with Crippen molar-refractivity contribution in [1.29, 1.82) is 0 Å². The second-order valence-corrected chi connectivity index (χ2v) is 6.90. The van der Waals surface area contributed by atoms with Crippen molar-refractivity contribution in [1.82, 2.24) is 15.5 Å². The minimum Gasteiger partial charge on any atom is -0.493 e. The van der Waals surface area contributed by atoms with E-state index in [4.69, 9.17) is 13.9 Å². The third-order valence-electron chi connectivity index (χ3n) is 3.98. The van der Waals surface area contributed by atoms with Gasteiger partial charge in [-0.25, -0.2) is 0 Å². The maximum absolute atomic E-state index is 12.1. The van der Waals surface area contributed by atoms with Crippen LogP contribution < -0.4 is 14.8 Å². The lowest BCUT2D eigenvalue weighted by atomic mass is 10.2. The summed E-state index contributed by atoms with van der Waals surface area (Å²) in [4.78, 5) is 12.1. The van der Waals surface area contributed by atoms with Gasteiger partial charge in [-0.1, -0.05) is 13.0 Å². The highest BCUT2D eigenvalue weighted by Crippen LogP contribution is 2.28. The number of hydrogen-bond acceptors (Lipinski definition) is 7. The summed E-state index contributed by atoms with van der Waals surface area (Å²) in [6, 6.07) is 7.57. The molecule has 1 N–H and O–H groups in total. The van der Waals surface area contributed by atoms with Crippen molar-refractivity contribution >= 4 is 17.2 Å². The minimum atomic E-state index is -0.0828. The number of carbonyl (C=O) groups excluding carboxylic acids is 1. The van der Waals surface area contributed by atoms with E-state index in [0.717, 1.165) is 17.5 Å². The summed E-state index contributed by atoms with van der Waals surface area (Å²) in [5.41, 5.74) is 1.83. The maximum Gasteiger partial charge on any atom is 0.248 e. The number of thiophene rings is 1. The number of ether oxygens (including phenoxy) is 2. The number of aryl methyl sites for hydroxylation is 1. The largest absolute Gasteiger partial charge is 0.493 e. The van der Waals surface area contributed by atoms with E-state index in [-0.39, 0.29) is 12.3 Å². The molecule has 0 fully saturated rings. The molecule has 1 amide bonds. The van der Waals surface area contributed by atoms with E-state index < -0.39 is 0 Å². The third kappa shape index (κ3) is 5.32. The second-order valence-electron chi connectivity index (χ2n) is 6.12. The third-order valence-corrected chi connectivity index (χ3v) is 4.66. The van der Waals surface area contributed by atoms with Crippen molar-refractivity contribution in [3.8, 4) is 23.0 Å². The maximum atomic E-state index is 12.1. The van der Waals surface area contributed by atoms with Crippen LogP contribution in [-0.4, -0.2) is 29.8 Å². The number of benzene rings is 1. The Kier molecular flexibility index (Phi) is 7.02. The number of carbonyl (C=O) groups is 1. The Balaban J connectivity index is 1.48. The van der Waals surface area contributed by atoms with Gasteiger partial charge in [0.25, 0.3) is 0 Å². The standard InChI is InChI=1S/C20H23N3O4S/c1-3-9-26-16-5-4-14(11-17(16)25-2)12-21-18(24)6-7-19-22-23-20(27-19)15-8-10-28-13-15/h4-5,8,10-11,13H,3,6-7,9,12H2,1-2H3,(H,21,24). The van der Waals surface area contributed by atoms with Crippen molar-refractivity contribution in [2.45, 2.75) is 32.7 Å². The molecule has 0 spiro atoms. The molecular weight excluding hydrogens is 378 g/mol. The predicted octanol–water partition coefficient (Wildman–Crippen LogP) is 3.84. The second kappa shape index (κ2) is 9.89. The Labute approximate surface area is 167 Å². The molecule has 0 aliphatic heterocycles. The van der Waals surface area contributed by atoms with Gasteiger partial charge >= 0.3 is 0 Å². The number of nitrogens with one attached hydrogen (secondary N) is 1. The molecule has 7 nitrogen and oxygen atoms in total. The number of aromatic nitrogens is 2. The van der Waals surface area contributed by atoms with Crippen LogP contribution in [0.5, 0.6) is 11.5 Å². The van der Waals surface area contributed by atoms with Gasteiger partial charge in [0.05, 0.1) is 13.7 Å². The van der Waals surface area contributed by atoms with Crippen molar-refractivity contribution in [2.75, 3.05) is 13.7 Å². The zero-order valence-electron chi connectivity index (χ0n) is 15.9. The average Bonchev–Trinajstić information content (AvgIpc) is 3.41. The molecule has 0 bridgehead atoms. The van der Waals surface area contributed by atoms with Gasteiger partial charge in [-0.05, 0) is 35.6 Å². The van der Waals surface area contributed by atoms with Gasteiger partial charge in [0.2, 0.25) is 17.7 Å². The van der Waals surface area contributed by atoms with Crippen LogP contribution in [0, 0.1) is 0 Å². The quantitative estimate of drug-likeness (QED) is 0.555. The minimum absolute atomic E-state index is 0.0828. The molecule has 28 heavy (non-hydrogen) atoms. The Hall–Kier alpha value is -2.87. The number of hydrogen-bond donors (Lipinski definition) is 1. The van der Waals surface area contributed by atoms with Gasteiger partial charge in [0, 0.05) is 30.3 Å². The first-order chi connectivity index (χ1) is 13.7. The molecule has 0 atom stereocenters. The summed E-state index contributed by atoms with van der Waals surface area (Å²) in [7, 11) is 1.60. The van der Waals surface area contributed by atoms with Crippen LogP contribution in [0.25, 0.3) is 11.5 Å². The highest BCUT2D eigenvalue weighted by atomic mass is 32.1. The first-order valence-electron chi connectivity index (χ1n) is 9.11. The fourth-order valence-corrected chi connectivity index (χ4v) is 3.15. The molecule has 1 aromatic carbocycles. The average molecular weight is 401 g/mol. The molecule has 8 heteroatoms. The van der Waals surface area contributed by atoms with E-state index >= 15 is 0 Å². The van der Waals surface area contributed by atoms with Crippen LogP contribution in [0.4, 0.5) is 0 Å². The van der Waals surface area contributed by atoms with Crippen LogP contribution in [-0.2, 0) is 17.8 Å². The van der Waals surface area contributed by atoms with Crippen LogP contribution in [0.3, 0.4) is 0 Å². The normalized spacial score (nSPS) is 10.6. The first-order valence-corrected chi connectivity index (χ1v) is 10.0. The van der Waals surface area contributed by atoms with Crippen molar-refractivity contribution in [3.63, 3.8) is 0 Å². The lowest BCUT2D eigenvalue weighted by Crippen LogP contribution is -2.23. The lowest BCUT2D eigenvalue weighted by molar-refractivity contribution is -0.121. The molecule has 2 aromatic heterocycles. The molecule has 0 saturated heterocycles. The number of rotatable bonds is 10. The van der Waals surface area contributed by atoms with Crippen LogP contribution in [0.2, 0.25) is 0 Å². The van der Waals surface area contributed by atoms with Crippen LogP contribution >= 0.6 is 11.3 Å². The lowest BCUT2D eigenvalue weighted by Gasteiger charge is -2.12. The SMILES string of the molecule is CCCOc1ccc(CNC(=O)CCc2nnc(-c3ccsc3)o2)cc1OC. The summed E-state index contributed by atoms with van der Waals surface area (Å²) < 4.78 is 16.6.